The highest BCUT2D eigenvalue weighted by atomic mass is 19.4. The fourth-order valence-electron chi connectivity index (χ4n) is 1.41. The first-order chi connectivity index (χ1) is 7.02. The molecule has 2 nitrogen and oxygen atoms in total. The minimum atomic E-state index is -4.36. The van der Waals surface area contributed by atoms with Crippen LogP contribution in [0, 0.1) is 0 Å². The molecule has 1 aromatic carbocycles. The third kappa shape index (κ3) is 1.70. The van der Waals surface area contributed by atoms with Gasteiger partial charge in [-0.1, -0.05) is 6.07 Å². The highest BCUT2D eigenvalue weighted by Crippen LogP contribution is 2.32. The Bertz CT molecular complexity index is 485. The van der Waals surface area contributed by atoms with Crippen molar-refractivity contribution < 1.29 is 22.7 Å². The number of furan rings is 1. The number of rotatable bonds is 1. The molecule has 80 valence electrons. The van der Waals surface area contributed by atoms with Gasteiger partial charge >= 0.3 is 6.18 Å². The van der Waals surface area contributed by atoms with Crippen LogP contribution in [0.15, 0.2) is 28.9 Å². The third-order valence-corrected chi connectivity index (χ3v) is 2.15. The van der Waals surface area contributed by atoms with Crippen molar-refractivity contribution in [1.82, 2.24) is 0 Å². The Morgan fingerprint density at radius 1 is 1.27 bits per heavy atom. The van der Waals surface area contributed by atoms with Gasteiger partial charge < -0.3 is 9.52 Å². The zero-order chi connectivity index (χ0) is 11.1. The lowest BCUT2D eigenvalue weighted by molar-refractivity contribution is -0.137. The molecule has 0 amide bonds. The van der Waals surface area contributed by atoms with Crippen molar-refractivity contribution in [3.8, 4) is 0 Å². The van der Waals surface area contributed by atoms with E-state index in [4.69, 9.17) is 9.52 Å². The number of halogens is 3. The third-order valence-electron chi connectivity index (χ3n) is 2.15. The number of hydrogen-bond donors (Lipinski definition) is 1. The molecule has 5 heteroatoms. The Kier molecular flexibility index (Phi) is 2.19. The zero-order valence-corrected chi connectivity index (χ0v) is 7.51. The molecule has 0 unspecified atom stereocenters. The molecule has 0 bridgehead atoms. The number of aliphatic hydroxyl groups is 1. The van der Waals surface area contributed by atoms with Gasteiger partial charge in [0.2, 0.25) is 0 Å². The van der Waals surface area contributed by atoms with Crippen molar-refractivity contribution in [2.75, 3.05) is 0 Å². The van der Waals surface area contributed by atoms with Crippen LogP contribution in [0.2, 0.25) is 0 Å². The normalized spacial score (nSPS) is 12.3. The largest absolute Gasteiger partial charge is 0.466 e. The van der Waals surface area contributed by atoms with Crippen molar-refractivity contribution in [3.63, 3.8) is 0 Å². The fourth-order valence-corrected chi connectivity index (χ4v) is 1.41. The zero-order valence-electron chi connectivity index (χ0n) is 7.51. The second-order valence-corrected chi connectivity index (χ2v) is 3.12. The molecule has 0 aliphatic carbocycles. The first-order valence-corrected chi connectivity index (χ1v) is 4.20. The summed E-state index contributed by atoms with van der Waals surface area (Å²) in [6.45, 7) is -0.325. The Labute approximate surface area is 82.9 Å². The second kappa shape index (κ2) is 3.27. The van der Waals surface area contributed by atoms with Gasteiger partial charge in [0.25, 0.3) is 0 Å². The van der Waals surface area contributed by atoms with Crippen LogP contribution < -0.4 is 0 Å². The quantitative estimate of drug-likeness (QED) is 0.794. The summed E-state index contributed by atoms with van der Waals surface area (Å²) >= 11 is 0. The first kappa shape index (κ1) is 10.0. The summed E-state index contributed by atoms with van der Waals surface area (Å²) in [6, 6.07) is 3.27. The van der Waals surface area contributed by atoms with Gasteiger partial charge in [-0.25, -0.2) is 0 Å². The van der Waals surface area contributed by atoms with E-state index in [-0.39, 0.29) is 12.4 Å². The molecule has 0 radical (unpaired) electrons. The van der Waals surface area contributed by atoms with E-state index in [1.807, 2.05) is 0 Å². The number of benzene rings is 1. The van der Waals surface area contributed by atoms with E-state index in [1.54, 1.807) is 0 Å². The van der Waals surface area contributed by atoms with E-state index in [0.29, 0.717) is 10.8 Å². The Balaban J connectivity index is 2.58. The standard InChI is InChI=1S/C10H7F3O2/c11-10(12,13)7-1-2-8-6(3-7)5-15-9(8)4-14/h1-3,5,14H,4H2. The van der Waals surface area contributed by atoms with Crippen LogP contribution in [0.5, 0.6) is 0 Å². The van der Waals surface area contributed by atoms with Crippen LogP contribution in [-0.4, -0.2) is 5.11 Å². The van der Waals surface area contributed by atoms with Crippen molar-refractivity contribution in [3.05, 3.63) is 35.8 Å². The maximum atomic E-state index is 12.3. The average molecular weight is 216 g/mol. The van der Waals surface area contributed by atoms with Gasteiger partial charge in [-0.15, -0.1) is 0 Å². The molecule has 1 N–H and O–H groups in total. The van der Waals surface area contributed by atoms with E-state index in [0.717, 1.165) is 12.1 Å². The smallest absolute Gasteiger partial charge is 0.416 e. The lowest BCUT2D eigenvalue weighted by atomic mass is 10.1. The Hall–Kier alpha value is -1.49. The van der Waals surface area contributed by atoms with Crippen molar-refractivity contribution >= 4 is 10.8 Å². The molecule has 1 heterocycles. The van der Waals surface area contributed by atoms with E-state index >= 15 is 0 Å². The van der Waals surface area contributed by atoms with Gasteiger partial charge in [-0.05, 0) is 12.1 Å². The number of fused-ring (bicyclic) bond motifs is 1. The predicted octanol–water partition coefficient (Wildman–Crippen LogP) is 2.94. The minimum Gasteiger partial charge on any atom is -0.466 e. The monoisotopic (exact) mass is 216 g/mol. The molecule has 1 aromatic heterocycles. The van der Waals surface area contributed by atoms with Gasteiger partial charge in [-0.3, -0.25) is 0 Å². The molecule has 0 fully saturated rings. The maximum Gasteiger partial charge on any atom is 0.416 e. The Morgan fingerprint density at radius 3 is 2.60 bits per heavy atom. The van der Waals surface area contributed by atoms with Crippen LogP contribution in [0.25, 0.3) is 10.8 Å². The summed E-state index contributed by atoms with van der Waals surface area (Å²) in [7, 11) is 0. The molecule has 15 heavy (non-hydrogen) atoms. The summed E-state index contributed by atoms with van der Waals surface area (Å²) in [5.41, 5.74) is -0.722. The van der Waals surface area contributed by atoms with Crippen LogP contribution in [0.3, 0.4) is 0 Å². The van der Waals surface area contributed by atoms with Crippen LogP contribution in [0.1, 0.15) is 11.3 Å². The lowest BCUT2D eigenvalue weighted by Gasteiger charge is -2.05. The molecule has 2 rings (SSSR count). The van der Waals surface area contributed by atoms with Gasteiger partial charge in [0.05, 0.1) is 11.8 Å². The summed E-state index contributed by atoms with van der Waals surface area (Å²) in [6.07, 6.45) is -3.15. The highest BCUT2D eigenvalue weighted by Gasteiger charge is 2.30. The summed E-state index contributed by atoms with van der Waals surface area (Å²) in [5.74, 6) is 0.277. The van der Waals surface area contributed by atoms with E-state index in [2.05, 4.69) is 0 Å². The molecular formula is C10H7F3O2. The Morgan fingerprint density at radius 2 is 2.00 bits per heavy atom. The summed E-state index contributed by atoms with van der Waals surface area (Å²) < 4.78 is 41.9. The van der Waals surface area contributed by atoms with Crippen molar-refractivity contribution in [2.45, 2.75) is 12.8 Å². The van der Waals surface area contributed by atoms with Crippen LogP contribution in [0.4, 0.5) is 13.2 Å². The molecule has 0 atom stereocenters. The van der Waals surface area contributed by atoms with Crippen LogP contribution in [-0.2, 0) is 12.8 Å². The highest BCUT2D eigenvalue weighted by molar-refractivity contribution is 5.84. The van der Waals surface area contributed by atoms with Crippen molar-refractivity contribution in [2.24, 2.45) is 0 Å². The number of aliphatic hydroxyl groups excluding tert-OH is 1. The fraction of sp³-hybridized carbons (Fsp3) is 0.200. The van der Waals surface area contributed by atoms with E-state index in [1.165, 1.54) is 12.3 Å². The maximum absolute atomic E-state index is 12.3. The summed E-state index contributed by atoms with van der Waals surface area (Å²) in [5, 5.41) is 9.68. The van der Waals surface area contributed by atoms with E-state index in [9.17, 15) is 13.2 Å². The lowest BCUT2D eigenvalue weighted by Crippen LogP contribution is -2.03. The molecule has 0 saturated heterocycles. The molecule has 0 aliphatic heterocycles. The molecule has 0 saturated carbocycles. The molecular weight excluding hydrogens is 209 g/mol. The van der Waals surface area contributed by atoms with Gasteiger partial charge in [0, 0.05) is 10.8 Å². The number of hydrogen-bond acceptors (Lipinski definition) is 2. The van der Waals surface area contributed by atoms with Gasteiger partial charge in [0.1, 0.15) is 12.4 Å². The second-order valence-electron chi connectivity index (χ2n) is 3.12. The van der Waals surface area contributed by atoms with E-state index < -0.39 is 11.7 Å². The minimum absolute atomic E-state index is 0.277. The first-order valence-electron chi connectivity index (χ1n) is 4.20. The predicted molar refractivity (Wildman–Crippen MR) is 47.1 cm³/mol. The number of alkyl halides is 3. The SMILES string of the molecule is OCc1occ2cc(C(F)(F)F)ccc12. The van der Waals surface area contributed by atoms with Crippen LogP contribution >= 0.6 is 0 Å². The van der Waals surface area contributed by atoms with Gasteiger partial charge in [-0.2, -0.15) is 13.2 Å². The molecule has 0 spiro atoms. The molecule has 2 aromatic rings. The summed E-state index contributed by atoms with van der Waals surface area (Å²) in [4.78, 5) is 0. The molecule has 0 aliphatic rings. The topological polar surface area (TPSA) is 33.4 Å². The average Bonchev–Trinajstić information content (AvgIpc) is 2.58. The van der Waals surface area contributed by atoms with Gasteiger partial charge in [0.15, 0.2) is 0 Å². The van der Waals surface area contributed by atoms with Crippen molar-refractivity contribution in [1.29, 1.82) is 0 Å².